The van der Waals surface area contributed by atoms with Gasteiger partial charge in [0, 0.05) is 4.53 Å². The molecule has 0 bridgehead atoms. The van der Waals surface area contributed by atoms with Crippen LogP contribution < -0.4 is 0 Å². The minimum atomic E-state index is -2.46. The molecule has 7 heteroatoms. The summed E-state index contributed by atoms with van der Waals surface area (Å²) in [5.74, 6) is -5.83. The molecule has 1 aliphatic heterocycles. The topological polar surface area (TPSA) is 9.23 Å². The second kappa shape index (κ2) is 3.34. The molecule has 0 fully saturated rings. The Morgan fingerprint density at radius 3 is 2.25 bits per heavy atom. The average Bonchev–Trinajstić information content (AvgIpc) is 2.08. The normalized spacial score (nSPS) is 24.9. The summed E-state index contributed by atoms with van der Waals surface area (Å²) in [4.78, 5) is 2.78. The summed E-state index contributed by atoms with van der Waals surface area (Å²) in [6.07, 6.45) is 0. The average molecular weight is 204 g/mol. The Morgan fingerprint density at radius 2 is 1.75 bits per heavy atom. The van der Waals surface area contributed by atoms with E-state index in [1.165, 1.54) is 0 Å². The van der Waals surface area contributed by atoms with E-state index in [9.17, 15) is 22.1 Å². The van der Waals surface area contributed by atoms with Gasteiger partial charge in [0.15, 0.2) is 11.7 Å². The van der Waals surface area contributed by atoms with Crippen molar-refractivity contribution in [2.75, 3.05) is 0 Å². The van der Waals surface area contributed by atoms with E-state index < -0.39 is 28.1 Å². The number of allylic oxidation sites excluding steroid dienone is 2. The molecule has 1 heterocycles. The predicted octanol–water partition coefficient (Wildman–Crippen LogP) is 3.22. The van der Waals surface area contributed by atoms with E-state index in [1.54, 1.807) is 0 Å². The molecule has 0 aromatic carbocycles. The lowest BCUT2D eigenvalue weighted by Gasteiger charge is -2.11. The SMILES string of the molecule is FOC1=C(F)C(F)=C(F)C(F)S1. The van der Waals surface area contributed by atoms with Crippen LogP contribution in [0.2, 0.25) is 0 Å². The Balaban J connectivity index is 3.06. The Bertz CT molecular complexity index is 259. The number of halogens is 5. The zero-order valence-corrected chi connectivity index (χ0v) is 6.10. The van der Waals surface area contributed by atoms with Crippen molar-refractivity contribution in [1.29, 1.82) is 0 Å². The quantitative estimate of drug-likeness (QED) is 0.606. The molecule has 0 radical (unpaired) electrons. The van der Waals surface area contributed by atoms with Crippen LogP contribution in [-0.2, 0) is 4.94 Å². The lowest BCUT2D eigenvalue weighted by atomic mass is 10.4. The molecule has 68 valence electrons. The third-order valence-corrected chi connectivity index (χ3v) is 1.93. The molecule has 0 amide bonds. The highest BCUT2D eigenvalue weighted by atomic mass is 32.2. The van der Waals surface area contributed by atoms with Gasteiger partial charge < -0.3 is 0 Å². The molecular weight excluding hydrogens is 203 g/mol. The van der Waals surface area contributed by atoms with Gasteiger partial charge in [0.2, 0.25) is 16.4 Å². The summed E-state index contributed by atoms with van der Waals surface area (Å²) < 4.78 is 60.3. The van der Waals surface area contributed by atoms with Crippen LogP contribution in [0.25, 0.3) is 0 Å². The molecule has 1 atom stereocenters. The van der Waals surface area contributed by atoms with E-state index in [0.29, 0.717) is 0 Å². The molecule has 0 aromatic heterocycles. The highest BCUT2D eigenvalue weighted by Crippen LogP contribution is 2.42. The molecule has 0 aromatic rings. The second-order valence-corrected chi connectivity index (χ2v) is 2.79. The van der Waals surface area contributed by atoms with Crippen LogP contribution in [0.4, 0.5) is 22.1 Å². The highest BCUT2D eigenvalue weighted by Gasteiger charge is 2.33. The summed E-state index contributed by atoms with van der Waals surface area (Å²) in [5, 5.41) is -1.25. The van der Waals surface area contributed by atoms with Gasteiger partial charge in [-0.15, -0.1) is 0 Å². The minimum Gasteiger partial charge on any atom is -0.284 e. The molecule has 0 saturated heterocycles. The molecule has 0 N–H and O–H groups in total. The van der Waals surface area contributed by atoms with Crippen molar-refractivity contribution >= 4 is 11.8 Å². The van der Waals surface area contributed by atoms with E-state index in [4.69, 9.17) is 0 Å². The first kappa shape index (κ1) is 9.37. The maximum atomic E-state index is 12.3. The fourth-order valence-electron chi connectivity index (χ4n) is 0.544. The van der Waals surface area contributed by atoms with Gasteiger partial charge in [-0.05, 0) is 11.8 Å². The zero-order valence-electron chi connectivity index (χ0n) is 5.28. The second-order valence-electron chi connectivity index (χ2n) is 1.77. The van der Waals surface area contributed by atoms with E-state index in [1.807, 2.05) is 0 Å². The molecule has 1 rings (SSSR count). The molecule has 0 aliphatic carbocycles. The largest absolute Gasteiger partial charge is 0.284 e. The number of hydrogen-bond donors (Lipinski definition) is 0. The van der Waals surface area contributed by atoms with Crippen LogP contribution in [0, 0.1) is 0 Å². The van der Waals surface area contributed by atoms with E-state index in [0.717, 1.165) is 0 Å². The molecular formula is C5HF5OS. The highest BCUT2D eigenvalue weighted by molar-refractivity contribution is 8.03. The Hall–Kier alpha value is -0.720. The van der Waals surface area contributed by atoms with Gasteiger partial charge in [-0.2, -0.15) is 4.39 Å². The van der Waals surface area contributed by atoms with E-state index in [-0.39, 0.29) is 11.8 Å². The van der Waals surface area contributed by atoms with Crippen molar-refractivity contribution < 1.29 is 27.0 Å². The lowest BCUT2D eigenvalue weighted by molar-refractivity contribution is -0.0721. The fraction of sp³-hybridized carbons (Fsp3) is 0.200. The number of rotatable bonds is 1. The van der Waals surface area contributed by atoms with Crippen molar-refractivity contribution in [3.05, 3.63) is 22.6 Å². The fourth-order valence-corrected chi connectivity index (χ4v) is 1.17. The molecule has 0 saturated carbocycles. The van der Waals surface area contributed by atoms with Crippen LogP contribution in [0.5, 0.6) is 0 Å². The summed E-state index contributed by atoms with van der Waals surface area (Å²) in [7, 11) is 0. The molecule has 1 unspecified atom stereocenters. The summed E-state index contributed by atoms with van der Waals surface area (Å²) >= 11 is -0.226. The summed E-state index contributed by atoms with van der Waals surface area (Å²) in [5.41, 5.74) is -2.46. The van der Waals surface area contributed by atoms with Crippen molar-refractivity contribution in [1.82, 2.24) is 0 Å². The van der Waals surface area contributed by atoms with Crippen molar-refractivity contribution in [3.63, 3.8) is 0 Å². The lowest BCUT2D eigenvalue weighted by Crippen LogP contribution is -2.05. The van der Waals surface area contributed by atoms with Gasteiger partial charge in [0.1, 0.15) is 0 Å². The standard InChI is InChI=1S/C5HF5OS/c6-1-2(7)4(9)12-5(11-10)3(1)8/h4H. The number of alkyl halides is 1. The smallest absolute Gasteiger partial charge is 0.247 e. The van der Waals surface area contributed by atoms with Crippen LogP contribution in [-0.4, -0.2) is 5.50 Å². The monoisotopic (exact) mass is 204 g/mol. The van der Waals surface area contributed by atoms with Gasteiger partial charge in [-0.3, -0.25) is 4.94 Å². The van der Waals surface area contributed by atoms with Crippen molar-refractivity contribution in [2.24, 2.45) is 0 Å². The minimum absolute atomic E-state index is 0.226. The van der Waals surface area contributed by atoms with Gasteiger partial charge in [0.05, 0.1) is 0 Å². The van der Waals surface area contributed by atoms with Gasteiger partial charge in [-0.1, -0.05) is 0 Å². The third-order valence-electron chi connectivity index (χ3n) is 1.06. The van der Waals surface area contributed by atoms with Crippen LogP contribution in [0.1, 0.15) is 0 Å². The molecule has 0 spiro atoms. The zero-order chi connectivity index (χ0) is 9.30. The number of hydrogen-bond acceptors (Lipinski definition) is 2. The number of thioether (sulfide) groups is 1. The van der Waals surface area contributed by atoms with E-state index in [2.05, 4.69) is 4.94 Å². The Labute approximate surface area is 67.8 Å². The first-order chi connectivity index (χ1) is 5.57. The molecule has 12 heavy (non-hydrogen) atoms. The Kier molecular flexibility index (Phi) is 2.61. The molecule has 1 nitrogen and oxygen atoms in total. The first-order valence-electron chi connectivity index (χ1n) is 2.62. The predicted molar refractivity (Wildman–Crippen MR) is 32.1 cm³/mol. The van der Waals surface area contributed by atoms with Crippen molar-refractivity contribution in [3.8, 4) is 0 Å². The van der Waals surface area contributed by atoms with Crippen LogP contribution >= 0.6 is 11.8 Å². The van der Waals surface area contributed by atoms with Gasteiger partial charge in [0.25, 0.3) is 0 Å². The first-order valence-corrected chi connectivity index (χ1v) is 3.50. The van der Waals surface area contributed by atoms with Crippen molar-refractivity contribution in [2.45, 2.75) is 5.50 Å². The maximum Gasteiger partial charge on any atom is 0.247 e. The van der Waals surface area contributed by atoms with Gasteiger partial charge in [-0.25, -0.2) is 13.2 Å². The molecule has 1 aliphatic rings. The maximum absolute atomic E-state index is 12.3. The Morgan fingerprint density at radius 1 is 1.17 bits per heavy atom. The third kappa shape index (κ3) is 1.40. The van der Waals surface area contributed by atoms with Crippen LogP contribution in [0.3, 0.4) is 0 Å². The van der Waals surface area contributed by atoms with E-state index >= 15 is 0 Å². The summed E-state index contributed by atoms with van der Waals surface area (Å²) in [6.45, 7) is 0. The summed E-state index contributed by atoms with van der Waals surface area (Å²) in [6, 6.07) is 0. The van der Waals surface area contributed by atoms with Crippen LogP contribution in [0.15, 0.2) is 22.6 Å². The van der Waals surface area contributed by atoms with Gasteiger partial charge >= 0.3 is 0 Å².